The predicted molar refractivity (Wildman–Crippen MR) is 112 cm³/mol. The standard InChI is InChI=1S/C23H19N3O3/c1-28-16-9-10-22(29-2)21(12-16)26-23(27)18-13-20(15-6-5-11-24-14-15)25-19-8-4-3-7-17(18)19/h3-14H,1-2H3,(H,26,27). The highest BCUT2D eigenvalue weighted by molar-refractivity contribution is 6.13. The van der Waals surface area contributed by atoms with Gasteiger partial charge in [0.1, 0.15) is 11.5 Å². The Morgan fingerprint density at radius 2 is 1.83 bits per heavy atom. The van der Waals surface area contributed by atoms with E-state index in [0.29, 0.717) is 28.4 Å². The normalized spacial score (nSPS) is 10.6. The van der Waals surface area contributed by atoms with Gasteiger partial charge in [0.05, 0.1) is 36.7 Å². The minimum Gasteiger partial charge on any atom is -0.497 e. The zero-order chi connectivity index (χ0) is 20.2. The molecule has 2 aromatic carbocycles. The summed E-state index contributed by atoms with van der Waals surface area (Å²) < 4.78 is 10.6. The average Bonchev–Trinajstić information content (AvgIpc) is 2.78. The molecule has 4 aromatic rings. The number of ether oxygens (including phenoxy) is 2. The van der Waals surface area contributed by atoms with Crippen molar-refractivity contribution < 1.29 is 14.3 Å². The molecule has 144 valence electrons. The van der Waals surface area contributed by atoms with Crippen molar-refractivity contribution in [1.29, 1.82) is 0 Å². The quantitative estimate of drug-likeness (QED) is 0.545. The van der Waals surface area contributed by atoms with Crippen LogP contribution in [0.4, 0.5) is 5.69 Å². The summed E-state index contributed by atoms with van der Waals surface area (Å²) in [5, 5.41) is 3.70. The zero-order valence-electron chi connectivity index (χ0n) is 16.0. The van der Waals surface area contributed by atoms with E-state index in [2.05, 4.69) is 10.3 Å². The maximum Gasteiger partial charge on any atom is 0.256 e. The number of anilines is 1. The fourth-order valence-electron chi connectivity index (χ4n) is 3.13. The van der Waals surface area contributed by atoms with Crippen molar-refractivity contribution in [2.24, 2.45) is 0 Å². The molecular weight excluding hydrogens is 366 g/mol. The van der Waals surface area contributed by atoms with Crippen LogP contribution in [0.5, 0.6) is 11.5 Å². The summed E-state index contributed by atoms with van der Waals surface area (Å²) in [5.41, 5.74) is 3.29. The lowest BCUT2D eigenvalue weighted by atomic mass is 10.0. The average molecular weight is 385 g/mol. The second kappa shape index (κ2) is 7.98. The summed E-state index contributed by atoms with van der Waals surface area (Å²) in [5.74, 6) is 0.905. The number of amides is 1. The number of para-hydroxylation sites is 1. The van der Waals surface area contributed by atoms with Crippen LogP contribution in [0.1, 0.15) is 10.4 Å². The molecule has 0 aliphatic heterocycles. The van der Waals surface area contributed by atoms with E-state index in [1.807, 2.05) is 36.4 Å². The van der Waals surface area contributed by atoms with Gasteiger partial charge in [-0.25, -0.2) is 4.98 Å². The molecule has 0 aliphatic carbocycles. The topological polar surface area (TPSA) is 73.3 Å². The number of hydrogen-bond acceptors (Lipinski definition) is 5. The molecule has 0 saturated carbocycles. The summed E-state index contributed by atoms with van der Waals surface area (Å²) in [6, 6.07) is 18.3. The molecule has 0 saturated heterocycles. The number of fused-ring (bicyclic) bond motifs is 1. The number of carbonyl (C=O) groups is 1. The van der Waals surface area contributed by atoms with Gasteiger partial charge in [-0.3, -0.25) is 9.78 Å². The first-order valence-corrected chi connectivity index (χ1v) is 9.03. The highest BCUT2D eigenvalue weighted by atomic mass is 16.5. The molecule has 0 aliphatic rings. The number of rotatable bonds is 5. The molecule has 2 aromatic heterocycles. The minimum absolute atomic E-state index is 0.264. The molecule has 0 radical (unpaired) electrons. The van der Waals surface area contributed by atoms with Crippen LogP contribution < -0.4 is 14.8 Å². The van der Waals surface area contributed by atoms with Gasteiger partial charge >= 0.3 is 0 Å². The molecule has 0 bridgehead atoms. The Hall–Kier alpha value is -3.93. The van der Waals surface area contributed by atoms with Gasteiger partial charge in [0.25, 0.3) is 5.91 Å². The molecule has 0 fully saturated rings. The van der Waals surface area contributed by atoms with Crippen molar-refractivity contribution in [2.75, 3.05) is 19.5 Å². The van der Waals surface area contributed by atoms with E-state index in [1.165, 1.54) is 0 Å². The summed E-state index contributed by atoms with van der Waals surface area (Å²) in [6.07, 6.45) is 3.43. The van der Waals surface area contributed by atoms with Crippen molar-refractivity contribution in [1.82, 2.24) is 9.97 Å². The summed E-state index contributed by atoms with van der Waals surface area (Å²) in [6.45, 7) is 0. The number of hydrogen-bond donors (Lipinski definition) is 1. The lowest BCUT2D eigenvalue weighted by molar-refractivity contribution is 0.102. The van der Waals surface area contributed by atoms with E-state index in [0.717, 1.165) is 16.5 Å². The second-order valence-electron chi connectivity index (χ2n) is 6.33. The Balaban J connectivity index is 1.80. The van der Waals surface area contributed by atoms with E-state index in [-0.39, 0.29) is 5.91 Å². The van der Waals surface area contributed by atoms with Crippen molar-refractivity contribution in [3.05, 3.63) is 78.6 Å². The highest BCUT2D eigenvalue weighted by Gasteiger charge is 2.16. The molecule has 0 unspecified atom stereocenters. The number of aromatic nitrogens is 2. The van der Waals surface area contributed by atoms with Crippen molar-refractivity contribution in [3.8, 4) is 22.8 Å². The Bertz CT molecular complexity index is 1180. The van der Waals surface area contributed by atoms with E-state index in [4.69, 9.17) is 14.5 Å². The van der Waals surface area contributed by atoms with Gasteiger partial charge in [0.2, 0.25) is 0 Å². The van der Waals surface area contributed by atoms with Crippen LogP contribution in [-0.2, 0) is 0 Å². The van der Waals surface area contributed by atoms with Gasteiger partial charge in [0.15, 0.2) is 0 Å². The van der Waals surface area contributed by atoms with Crippen LogP contribution in [0, 0.1) is 0 Å². The Labute approximate surface area is 168 Å². The van der Waals surface area contributed by atoms with E-state index < -0.39 is 0 Å². The van der Waals surface area contributed by atoms with Gasteiger partial charge in [-0.1, -0.05) is 18.2 Å². The fourth-order valence-corrected chi connectivity index (χ4v) is 3.13. The largest absolute Gasteiger partial charge is 0.497 e. The Kier molecular flexibility index (Phi) is 5.07. The SMILES string of the molecule is COc1ccc(OC)c(NC(=O)c2cc(-c3cccnc3)nc3ccccc23)c1. The van der Waals surface area contributed by atoms with Crippen LogP contribution in [-0.4, -0.2) is 30.1 Å². The number of benzene rings is 2. The molecule has 0 spiro atoms. The highest BCUT2D eigenvalue weighted by Crippen LogP contribution is 2.31. The Morgan fingerprint density at radius 3 is 2.59 bits per heavy atom. The molecule has 6 nitrogen and oxygen atoms in total. The number of nitrogens with one attached hydrogen (secondary N) is 1. The summed E-state index contributed by atoms with van der Waals surface area (Å²) in [7, 11) is 3.13. The second-order valence-corrected chi connectivity index (χ2v) is 6.33. The first kappa shape index (κ1) is 18.4. The van der Waals surface area contributed by atoms with Gasteiger partial charge in [0, 0.05) is 29.4 Å². The zero-order valence-corrected chi connectivity index (χ0v) is 16.0. The third kappa shape index (κ3) is 3.73. The van der Waals surface area contributed by atoms with Crippen molar-refractivity contribution in [2.45, 2.75) is 0 Å². The third-order valence-electron chi connectivity index (χ3n) is 4.57. The van der Waals surface area contributed by atoms with Gasteiger partial charge in [-0.05, 0) is 36.4 Å². The molecule has 1 N–H and O–H groups in total. The van der Waals surface area contributed by atoms with Gasteiger partial charge in [-0.15, -0.1) is 0 Å². The number of carbonyl (C=O) groups excluding carboxylic acids is 1. The molecule has 29 heavy (non-hydrogen) atoms. The molecule has 1 amide bonds. The van der Waals surface area contributed by atoms with E-state index in [1.54, 1.807) is 50.9 Å². The number of nitrogens with zero attached hydrogens (tertiary/aromatic N) is 2. The van der Waals surface area contributed by atoms with Crippen LogP contribution in [0.3, 0.4) is 0 Å². The van der Waals surface area contributed by atoms with Crippen molar-refractivity contribution >= 4 is 22.5 Å². The molecule has 6 heteroatoms. The fraction of sp³-hybridized carbons (Fsp3) is 0.0870. The number of pyridine rings is 2. The first-order chi connectivity index (χ1) is 14.2. The van der Waals surface area contributed by atoms with Crippen molar-refractivity contribution in [3.63, 3.8) is 0 Å². The first-order valence-electron chi connectivity index (χ1n) is 9.03. The molecule has 4 rings (SSSR count). The predicted octanol–water partition coefficient (Wildman–Crippen LogP) is 4.57. The van der Waals surface area contributed by atoms with E-state index >= 15 is 0 Å². The van der Waals surface area contributed by atoms with Crippen LogP contribution in [0.2, 0.25) is 0 Å². The lowest BCUT2D eigenvalue weighted by Crippen LogP contribution is -2.14. The van der Waals surface area contributed by atoms with Crippen LogP contribution in [0.25, 0.3) is 22.2 Å². The molecule has 2 heterocycles. The van der Waals surface area contributed by atoms with Gasteiger partial charge < -0.3 is 14.8 Å². The monoisotopic (exact) mass is 385 g/mol. The summed E-state index contributed by atoms with van der Waals surface area (Å²) in [4.78, 5) is 22.1. The molecular formula is C23H19N3O3. The lowest BCUT2D eigenvalue weighted by Gasteiger charge is -2.13. The Morgan fingerprint density at radius 1 is 0.966 bits per heavy atom. The molecule has 0 atom stereocenters. The maximum absolute atomic E-state index is 13.2. The van der Waals surface area contributed by atoms with E-state index in [9.17, 15) is 4.79 Å². The van der Waals surface area contributed by atoms with Crippen LogP contribution >= 0.6 is 0 Å². The smallest absolute Gasteiger partial charge is 0.256 e. The summed E-state index contributed by atoms with van der Waals surface area (Å²) >= 11 is 0. The van der Waals surface area contributed by atoms with Crippen LogP contribution in [0.15, 0.2) is 73.1 Å². The minimum atomic E-state index is -0.264. The maximum atomic E-state index is 13.2. The van der Waals surface area contributed by atoms with Gasteiger partial charge in [-0.2, -0.15) is 0 Å². The third-order valence-corrected chi connectivity index (χ3v) is 4.57. The number of methoxy groups -OCH3 is 2.